The first kappa shape index (κ1) is 21.6. The molecule has 4 aromatic rings. The summed E-state index contributed by atoms with van der Waals surface area (Å²) in [5, 5.41) is 4.84. The number of nitrogens with two attached hydrogens (primary N) is 1. The van der Waals surface area contributed by atoms with Gasteiger partial charge < -0.3 is 24.8 Å². The number of primary amides is 1. The van der Waals surface area contributed by atoms with Crippen LogP contribution in [0.25, 0.3) is 28.2 Å². The molecule has 0 atom stereocenters. The van der Waals surface area contributed by atoms with Gasteiger partial charge in [0.25, 0.3) is 0 Å². The lowest BCUT2D eigenvalue weighted by Crippen LogP contribution is -2.53. The Morgan fingerprint density at radius 1 is 1.17 bits per heavy atom. The summed E-state index contributed by atoms with van der Waals surface area (Å²) in [5.41, 5.74) is 11.3. The van der Waals surface area contributed by atoms with Crippen LogP contribution in [0.4, 0.5) is 10.5 Å². The lowest BCUT2D eigenvalue weighted by molar-refractivity contribution is 0.117. The van der Waals surface area contributed by atoms with Gasteiger partial charge in [-0.3, -0.25) is 0 Å². The average molecular weight is 473 g/mol. The van der Waals surface area contributed by atoms with Crippen molar-refractivity contribution in [3.8, 4) is 17.1 Å². The molecule has 35 heavy (non-hydrogen) atoms. The molecule has 2 N–H and O–H groups in total. The van der Waals surface area contributed by atoms with Crippen LogP contribution in [-0.4, -0.2) is 74.6 Å². The van der Waals surface area contributed by atoms with Crippen molar-refractivity contribution in [1.82, 2.24) is 29.2 Å². The monoisotopic (exact) mass is 472 g/mol. The number of anilines is 1. The molecule has 1 aromatic carbocycles. The Hall–Kier alpha value is -3.92. The number of urea groups is 1. The van der Waals surface area contributed by atoms with E-state index >= 15 is 0 Å². The summed E-state index contributed by atoms with van der Waals surface area (Å²) >= 11 is 0. The normalized spacial score (nSPS) is 16.6. The van der Waals surface area contributed by atoms with E-state index in [4.69, 9.17) is 25.5 Å². The van der Waals surface area contributed by atoms with Crippen molar-refractivity contribution < 1.29 is 9.53 Å². The van der Waals surface area contributed by atoms with Gasteiger partial charge in [0.2, 0.25) is 0 Å². The number of carbonyl (C=O) groups is 1. The lowest BCUT2D eigenvalue weighted by Gasteiger charge is -2.38. The zero-order valence-corrected chi connectivity index (χ0v) is 19.7. The van der Waals surface area contributed by atoms with Gasteiger partial charge >= 0.3 is 6.03 Å². The van der Waals surface area contributed by atoms with Gasteiger partial charge in [0.1, 0.15) is 5.52 Å². The molecule has 0 unspecified atom stereocenters. The molecule has 6 rings (SSSR count). The van der Waals surface area contributed by atoms with Crippen LogP contribution in [0.5, 0.6) is 0 Å². The molecular formula is C25H28N8O2. The predicted molar refractivity (Wildman–Crippen MR) is 133 cm³/mol. The fraction of sp³-hybridized carbons (Fsp3) is 0.360. The Morgan fingerprint density at radius 2 is 2.00 bits per heavy atom. The molecule has 2 aliphatic rings. The van der Waals surface area contributed by atoms with Crippen LogP contribution in [0.1, 0.15) is 5.56 Å². The summed E-state index contributed by atoms with van der Waals surface area (Å²) < 4.78 is 9.49. The SMILES string of the molecule is Cc1cccc(-c2ccn(-c3cc(N4CCOCC4)c4ncn(CC5CN(C(N)=O)C5)c4n3)n2)c1. The molecule has 10 heteroatoms. The van der Waals surface area contributed by atoms with E-state index in [1.54, 1.807) is 4.90 Å². The summed E-state index contributed by atoms with van der Waals surface area (Å²) in [5.74, 6) is 1.07. The highest BCUT2D eigenvalue weighted by molar-refractivity contribution is 5.87. The minimum absolute atomic E-state index is 0.329. The number of rotatable bonds is 5. The van der Waals surface area contributed by atoms with Crippen molar-refractivity contribution in [2.24, 2.45) is 11.7 Å². The Labute approximate surface area is 202 Å². The third-order valence-electron chi connectivity index (χ3n) is 6.75. The van der Waals surface area contributed by atoms with E-state index < -0.39 is 0 Å². The second kappa shape index (κ2) is 8.70. The highest BCUT2D eigenvalue weighted by atomic mass is 16.5. The maximum atomic E-state index is 11.4. The van der Waals surface area contributed by atoms with E-state index in [-0.39, 0.29) is 6.03 Å². The van der Waals surface area contributed by atoms with Gasteiger partial charge in [0.15, 0.2) is 11.5 Å². The predicted octanol–water partition coefficient (Wildman–Crippen LogP) is 2.44. The minimum Gasteiger partial charge on any atom is -0.378 e. The van der Waals surface area contributed by atoms with E-state index in [1.165, 1.54) is 5.56 Å². The van der Waals surface area contributed by atoms with E-state index in [0.717, 1.165) is 53.6 Å². The van der Waals surface area contributed by atoms with Gasteiger partial charge in [-0.25, -0.2) is 19.4 Å². The molecule has 0 bridgehead atoms. The third kappa shape index (κ3) is 4.10. The smallest absolute Gasteiger partial charge is 0.314 e. The Kier molecular flexibility index (Phi) is 5.37. The van der Waals surface area contributed by atoms with E-state index in [9.17, 15) is 4.79 Å². The number of ether oxygens (including phenoxy) is 1. The number of pyridine rings is 1. The molecule has 10 nitrogen and oxygen atoms in total. The first-order valence-corrected chi connectivity index (χ1v) is 11.9. The molecule has 2 fully saturated rings. The summed E-state index contributed by atoms with van der Waals surface area (Å²) in [6, 6.07) is 12.0. The molecule has 2 amide bonds. The van der Waals surface area contributed by atoms with Crippen LogP contribution in [-0.2, 0) is 11.3 Å². The van der Waals surface area contributed by atoms with Gasteiger partial charge in [0, 0.05) is 56.5 Å². The maximum absolute atomic E-state index is 11.4. The number of imidazole rings is 1. The summed E-state index contributed by atoms with van der Waals surface area (Å²) in [6.07, 6.45) is 3.80. The first-order valence-electron chi connectivity index (χ1n) is 11.9. The Bertz CT molecular complexity index is 1380. The van der Waals surface area contributed by atoms with Gasteiger partial charge in [-0.15, -0.1) is 0 Å². The molecule has 2 aliphatic heterocycles. The van der Waals surface area contributed by atoms with Crippen molar-refractivity contribution in [2.75, 3.05) is 44.3 Å². The van der Waals surface area contributed by atoms with Crippen LogP contribution in [0.15, 0.2) is 48.9 Å². The van der Waals surface area contributed by atoms with Crippen molar-refractivity contribution in [3.63, 3.8) is 0 Å². The Balaban J connectivity index is 1.38. The first-order chi connectivity index (χ1) is 17.0. The number of hydrogen-bond donors (Lipinski definition) is 1. The highest BCUT2D eigenvalue weighted by Gasteiger charge is 2.30. The largest absolute Gasteiger partial charge is 0.378 e. The molecule has 0 radical (unpaired) electrons. The van der Waals surface area contributed by atoms with Crippen molar-refractivity contribution in [3.05, 3.63) is 54.5 Å². The molecule has 0 aliphatic carbocycles. The van der Waals surface area contributed by atoms with Crippen LogP contribution in [0, 0.1) is 12.8 Å². The molecule has 3 aromatic heterocycles. The minimum atomic E-state index is -0.366. The number of amides is 2. The zero-order chi connectivity index (χ0) is 23.9. The van der Waals surface area contributed by atoms with Crippen molar-refractivity contribution >= 4 is 22.9 Å². The number of hydrogen-bond acceptors (Lipinski definition) is 6. The zero-order valence-electron chi connectivity index (χ0n) is 19.7. The van der Waals surface area contributed by atoms with Crippen LogP contribution >= 0.6 is 0 Å². The lowest BCUT2D eigenvalue weighted by atomic mass is 10.0. The second-order valence-electron chi connectivity index (χ2n) is 9.29. The van der Waals surface area contributed by atoms with E-state index in [2.05, 4.69) is 40.7 Å². The quantitative estimate of drug-likeness (QED) is 0.478. The molecule has 5 heterocycles. The molecule has 0 saturated carbocycles. The van der Waals surface area contributed by atoms with Gasteiger partial charge in [-0.1, -0.05) is 23.8 Å². The molecule has 2 saturated heterocycles. The number of carbonyl (C=O) groups excluding carboxylic acids is 1. The molecular weight excluding hydrogens is 444 g/mol. The summed E-state index contributed by atoms with van der Waals surface area (Å²) in [6.45, 7) is 7.09. The van der Waals surface area contributed by atoms with Crippen LogP contribution in [0.2, 0.25) is 0 Å². The standard InChI is InChI=1S/C25H28N8O2/c1-17-3-2-4-19(11-17)20-5-6-33(29-20)22-12-21(30-7-9-35-10-8-30)23-24(28-22)32(16-27-23)15-18-13-31(14-18)25(26)34/h2-6,11-12,16,18H,7-10,13-15H2,1H3,(H2,26,34). The fourth-order valence-electron chi connectivity index (χ4n) is 4.85. The topological polar surface area (TPSA) is 107 Å². The van der Waals surface area contributed by atoms with Gasteiger partial charge in [-0.2, -0.15) is 5.10 Å². The number of aryl methyl sites for hydroxylation is 1. The van der Waals surface area contributed by atoms with E-state index in [1.807, 2.05) is 29.3 Å². The van der Waals surface area contributed by atoms with Gasteiger partial charge in [-0.05, 0) is 19.1 Å². The maximum Gasteiger partial charge on any atom is 0.314 e. The number of likely N-dealkylation sites (tertiary alicyclic amines) is 1. The highest BCUT2D eigenvalue weighted by Crippen LogP contribution is 2.30. The summed E-state index contributed by atoms with van der Waals surface area (Å²) in [7, 11) is 0. The third-order valence-corrected chi connectivity index (χ3v) is 6.75. The average Bonchev–Trinajstić information content (AvgIpc) is 3.48. The summed E-state index contributed by atoms with van der Waals surface area (Å²) in [4.78, 5) is 25.1. The molecule has 180 valence electrons. The Morgan fingerprint density at radius 3 is 2.77 bits per heavy atom. The van der Waals surface area contributed by atoms with Crippen molar-refractivity contribution in [1.29, 1.82) is 0 Å². The molecule has 0 spiro atoms. The van der Waals surface area contributed by atoms with Crippen molar-refractivity contribution in [2.45, 2.75) is 13.5 Å². The number of morpholine rings is 1. The van der Waals surface area contributed by atoms with Gasteiger partial charge in [0.05, 0.1) is 30.9 Å². The second-order valence-corrected chi connectivity index (χ2v) is 9.29. The van der Waals surface area contributed by atoms with Crippen LogP contribution < -0.4 is 10.6 Å². The number of nitrogens with zero attached hydrogens (tertiary/aromatic N) is 7. The number of fused-ring (bicyclic) bond motifs is 1. The number of benzene rings is 1. The fourth-order valence-corrected chi connectivity index (χ4v) is 4.85. The number of aromatic nitrogens is 5. The van der Waals surface area contributed by atoms with Crippen LogP contribution in [0.3, 0.4) is 0 Å². The van der Waals surface area contributed by atoms with E-state index in [0.29, 0.717) is 32.2 Å².